The summed E-state index contributed by atoms with van der Waals surface area (Å²) in [7, 11) is 1.56. The zero-order chi connectivity index (χ0) is 19.4. The molecule has 0 spiro atoms. The summed E-state index contributed by atoms with van der Waals surface area (Å²) >= 11 is 13.0. The lowest BCUT2D eigenvalue weighted by molar-refractivity contribution is -0.705. The van der Waals surface area contributed by atoms with Crippen LogP contribution in [0.2, 0.25) is 10.0 Å². The molecule has 0 saturated heterocycles. The number of methoxy groups -OCH3 is 1. The second kappa shape index (κ2) is 8.51. The van der Waals surface area contributed by atoms with Crippen LogP contribution >= 0.6 is 35.0 Å². The number of amides is 1. The zero-order valence-electron chi connectivity index (χ0n) is 13.9. The monoisotopic (exact) mass is 425 g/mol. The lowest BCUT2D eigenvalue weighted by atomic mass is 10.3. The van der Waals surface area contributed by atoms with Crippen molar-refractivity contribution >= 4 is 46.6 Å². The van der Waals surface area contributed by atoms with Gasteiger partial charge in [-0.05, 0) is 40.7 Å². The molecule has 0 aliphatic rings. The molecule has 2 aromatic carbocycles. The Hall–Kier alpha value is -2.42. The van der Waals surface area contributed by atoms with Crippen molar-refractivity contribution in [3.63, 3.8) is 0 Å². The number of carbonyl (C=O) groups excluding carboxylic acids is 1. The zero-order valence-corrected chi connectivity index (χ0v) is 16.3. The number of hydrogen-bond donors (Lipinski definition) is 1. The van der Waals surface area contributed by atoms with Crippen LogP contribution in [0.15, 0.2) is 52.0 Å². The second-order valence-electron chi connectivity index (χ2n) is 5.21. The van der Waals surface area contributed by atoms with Crippen molar-refractivity contribution in [1.82, 2.24) is 5.27 Å². The molecule has 7 nitrogen and oxygen atoms in total. The van der Waals surface area contributed by atoms with Gasteiger partial charge in [0.15, 0.2) is 5.95 Å². The Kier molecular flexibility index (Phi) is 6.10. The number of nitrogens with zero attached hydrogens (tertiary/aromatic N) is 2. The second-order valence-corrected chi connectivity index (χ2v) is 6.96. The van der Waals surface area contributed by atoms with Gasteiger partial charge in [0.25, 0.3) is 5.03 Å². The predicted octanol–water partition coefficient (Wildman–Crippen LogP) is 3.07. The van der Waals surface area contributed by atoms with Gasteiger partial charge in [0.2, 0.25) is 11.6 Å². The highest BCUT2D eigenvalue weighted by Crippen LogP contribution is 2.30. The van der Waals surface area contributed by atoms with E-state index in [0.29, 0.717) is 22.1 Å². The van der Waals surface area contributed by atoms with Crippen molar-refractivity contribution in [3.05, 3.63) is 52.5 Å². The van der Waals surface area contributed by atoms with E-state index in [9.17, 15) is 9.90 Å². The number of benzene rings is 2. The highest BCUT2D eigenvalue weighted by Gasteiger charge is 2.22. The molecule has 3 aromatic rings. The summed E-state index contributed by atoms with van der Waals surface area (Å²) in [6, 6.07) is 11.8. The summed E-state index contributed by atoms with van der Waals surface area (Å²) in [4.78, 5) is 12.2. The SMILES string of the molecule is COc1ccc(-[n+]2noc([O-])c2SCC(=O)Nc2cccc(Cl)c2Cl)cc1. The van der Waals surface area contributed by atoms with Gasteiger partial charge in [-0.2, -0.15) is 0 Å². The first-order chi connectivity index (χ1) is 13.0. The van der Waals surface area contributed by atoms with Gasteiger partial charge < -0.3 is 19.7 Å². The maximum atomic E-state index is 12.2. The molecular formula is C17H13Cl2N3O4S. The maximum absolute atomic E-state index is 12.2. The Bertz CT molecular complexity index is 963. The van der Waals surface area contributed by atoms with E-state index < -0.39 is 5.95 Å². The third-order valence-corrected chi connectivity index (χ3v) is 5.29. The van der Waals surface area contributed by atoms with Crippen molar-refractivity contribution in [3.8, 4) is 17.4 Å². The number of nitrogens with one attached hydrogen (secondary N) is 1. The predicted molar refractivity (Wildman–Crippen MR) is 99.8 cm³/mol. The number of aromatic nitrogens is 2. The smallest absolute Gasteiger partial charge is 0.298 e. The largest absolute Gasteiger partial charge is 0.538 e. The van der Waals surface area contributed by atoms with E-state index in [0.717, 1.165) is 11.8 Å². The van der Waals surface area contributed by atoms with E-state index in [-0.39, 0.29) is 21.7 Å². The topological polar surface area (TPSA) is 91.3 Å². The Morgan fingerprint density at radius 2 is 2.04 bits per heavy atom. The summed E-state index contributed by atoms with van der Waals surface area (Å²) in [5.41, 5.74) is 0.993. The van der Waals surface area contributed by atoms with Crippen molar-refractivity contribution < 1.29 is 23.8 Å². The van der Waals surface area contributed by atoms with Crippen molar-refractivity contribution in [1.29, 1.82) is 0 Å². The van der Waals surface area contributed by atoms with Crippen molar-refractivity contribution in [2.75, 3.05) is 18.2 Å². The van der Waals surface area contributed by atoms with Crippen LogP contribution in [0.4, 0.5) is 5.69 Å². The summed E-state index contributed by atoms with van der Waals surface area (Å²) in [5, 5.41) is 19.1. The Labute approximate surface area is 168 Å². The third-order valence-electron chi connectivity index (χ3n) is 3.46. The average molecular weight is 426 g/mol. The number of anilines is 1. The summed E-state index contributed by atoms with van der Waals surface area (Å²) < 4.78 is 11.2. The van der Waals surface area contributed by atoms with E-state index in [1.807, 2.05) is 0 Å². The lowest BCUT2D eigenvalue weighted by Gasteiger charge is -2.07. The minimum atomic E-state index is -0.635. The fourth-order valence-electron chi connectivity index (χ4n) is 2.17. The molecule has 0 saturated carbocycles. The van der Waals surface area contributed by atoms with Crippen LogP contribution in [0.1, 0.15) is 0 Å². The number of carbonyl (C=O) groups is 1. The molecule has 3 rings (SSSR count). The first-order valence-corrected chi connectivity index (χ1v) is 9.34. The van der Waals surface area contributed by atoms with Gasteiger partial charge in [-0.3, -0.25) is 4.79 Å². The average Bonchev–Trinajstić information content (AvgIpc) is 3.04. The minimum absolute atomic E-state index is 0.0462. The number of hydrogen-bond acceptors (Lipinski definition) is 6. The summed E-state index contributed by atoms with van der Waals surface area (Å²) in [6.07, 6.45) is 0. The van der Waals surface area contributed by atoms with Gasteiger partial charge in [-0.1, -0.05) is 29.3 Å². The van der Waals surface area contributed by atoms with Crippen molar-refractivity contribution in [2.24, 2.45) is 0 Å². The summed E-state index contributed by atoms with van der Waals surface area (Å²) in [6.45, 7) is 0. The molecule has 1 N–H and O–H groups in total. The van der Waals surface area contributed by atoms with Crippen LogP contribution in [0.25, 0.3) is 5.69 Å². The van der Waals surface area contributed by atoms with Crippen LogP contribution in [-0.4, -0.2) is 24.0 Å². The van der Waals surface area contributed by atoms with Gasteiger partial charge >= 0.3 is 0 Å². The van der Waals surface area contributed by atoms with Gasteiger partial charge in [0, 0.05) is 12.1 Å². The van der Waals surface area contributed by atoms with Crippen LogP contribution in [-0.2, 0) is 4.79 Å². The molecule has 0 aliphatic carbocycles. The highest BCUT2D eigenvalue weighted by atomic mass is 35.5. The first-order valence-electron chi connectivity index (χ1n) is 7.59. The molecule has 1 heterocycles. The fourth-order valence-corrected chi connectivity index (χ4v) is 3.27. The molecule has 0 radical (unpaired) electrons. The normalized spacial score (nSPS) is 10.6. The fraction of sp³-hybridized carbons (Fsp3) is 0.118. The van der Waals surface area contributed by atoms with E-state index in [2.05, 4.69) is 10.6 Å². The van der Waals surface area contributed by atoms with E-state index in [1.165, 1.54) is 4.68 Å². The minimum Gasteiger partial charge on any atom is -0.538 e. The molecule has 0 aliphatic heterocycles. The first kappa shape index (κ1) is 19.3. The van der Waals surface area contributed by atoms with Gasteiger partial charge in [0.05, 0.1) is 33.9 Å². The van der Waals surface area contributed by atoms with E-state index in [1.54, 1.807) is 49.6 Å². The molecule has 0 unspecified atom stereocenters. The summed E-state index contributed by atoms with van der Waals surface area (Å²) in [5.74, 6) is -0.372. The number of halogens is 2. The molecular weight excluding hydrogens is 413 g/mol. The van der Waals surface area contributed by atoms with Gasteiger partial charge in [0.1, 0.15) is 5.75 Å². The lowest BCUT2D eigenvalue weighted by Crippen LogP contribution is -2.35. The molecule has 1 amide bonds. The molecule has 0 fully saturated rings. The quantitative estimate of drug-likeness (QED) is 0.481. The number of rotatable bonds is 6. The molecule has 10 heteroatoms. The van der Waals surface area contributed by atoms with Crippen LogP contribution in [0.5, 0.6) is 11.7 Å². The Morgan fingerprint density at radius 3 is 2.74 bits per heavy atom. The molecule has 0 bridgehead atoms. The Balaban J connectivity index is 1.71. The molecule has 0 atom stereocenters. The third kappa shape index (κ3) is 4.47. The maximum Gasteiger partial charge on any atom is 0.298 e. The van der Waals surface area contributed by atoms with Gasteiger partial charge in [-0.25, -0.2) is 0 Å². The molecule has 1 aromatic heterocycles. The van der Waals surface area contributed by atoms with Crippen LogP contribution in [0.3, 0.4) is 0 Å². The standard InChI is InChI=1S/C17H13Cl2N3O4S/c1-25-11-7-5-10(6-8-11)22-16(17(24)26-21-22)27-9-14(23)20-13-4-2-3-12(18)15(13)19/h2-8H,9H2,1H3,(H-,20,21,23,24). The number of ether oxygens (including phenoxy) is 1. The molecule has 27 heavy (non-hydrogen) atoms. The van der Waals surface area contributed by atoms with Crippen LogP contribution < -0.4 is 19.8 Å². The molecule has 140 valence electrons. The van der Waals surface area contributed by atoms with E-state index >= 15 is 0 Å². The highest BCUT2D eigenvalue weighted by molar-refractivity contribution is 7.99. The van der Waals surface area contributed by atoms with E-state index in [4.69, 9.17) is 32.5 Å². The Morgan fingerprint density at radius 1 is 1.30 bits per heavy atom. The van der Waals surface area contributed by atoms with Crippen molar-refractivity contribution in [2.45, 2.75) is 5.03 Å². The van der Waals surface area contributed by atoms with Crippen LogP contribution in [0, 0.1) is 0 Å². The number of thioether (sulfide) groups is 1. The van der Waals surface area contributed by atoms with Gasteiger partial charge in [-0.15, -0.1) is 0 Å².